The quantitative estimate of drug-likeness (QED) is 0.732. The summed E-state index contributed by atoms with van der Waals surface area (Å²) in [5, 5.41) is 0. The van der Waals surface area contributed by atoms with Crippen LogP contribution < -0.4 is 4.74 Å². The van der Waals surface area contributed by atoms with Crippen LogP contribution >= 0.6 is 22.6 Å². The molecule has 0 radical (unpaired) electrons. The predicted molar refractivity (Wildman–Crippen MR) is 72.4 cm³/mol. The Morgan fingerprint density at radius 1 is 1.24 bits per heavy atom. The van der Waals surface area contributed by atoms with Gasteiger partial charge < -0.3 is 14.2 Å². The summed E-state index contributed by atoms with van der Waals surface area (Å²) in [6.07, 6.45) is 2.76. The van der Waals surface area contributed by atoms with Crippen LogP contribution in [0.4, 0.5) is 0 Å². The van der Waals surface area contributed by atoms with Gasteiger partial charge in [0.25, 0.3) is 0 Å². The average Bonchev–Trinajstić information content (AvgIpc) is 2.78. The minimum Gasteiger partial charge on any atom is -0.496 e. The normalized spacial score (nSPS) is 21.5. The topological polar surface area (TPSA) is 27.7 Å². The Kier molecular flexibility index (Phi) is 3.04. The lowest BCUT2D eigenvalue weighted by molar-refractivity contribution is -0.164. The van der Waals surface area contributed by atoms with Gasteiger partial charge in [0.1, 0.15) is 5.75 Å². The maximum Gasteiger partial charge on any atom is 0.172 e. The van der Waals surface area contributed by atoms with E-state index in [4.69, 9.17) is 14.2 Å². The molecular weight excluding hydrogens is 331 g/mol. The van der Waals surface area contributed by atoms with Crippen molar-refractivity contribution < 1.29 is 14.2 Å². The fraction of sp³-hybridized carbons (Fsp3) is 0.538. The van der Waals surface area contributed by atoms with Crippen LogP contribution in [-0.4, -0.2) is 26.1 Å². The lowest BCUT2D eigenvalue weighted by atomic mass is 9.86. The van der Waals surface area contributed by atoms with Crippen LogP contribution in [0.15, 0.2) is 12.1 Å². The third-order valence-electron chi connectivity index (χ3n) is 3.57. The van der Waals surface area contributed by atoms with Gasteiger partial charge in [-0.1, -0.05) is 0 Å². The Balaban J connectivity index is 2.02. The Morgan fingerprint density at radius 2 is 2.00 bits per heavy atom. The maximum absolute atomic E-state index is 5.80. The number of rotatable bonds is 1. The van der Waals surface area contributed by atoms with Crippen molar-refractivity contribution >= 4 is 22.6 Å². The molecule has 0 atom stereocenters. The summed E-state index contributed by atoms with van der Waals surface area (Å²) in [5.74, 6) is 0.573. The van der Waals surface area contributed by atoms with E-state index in [0.29, 0.717) is 13.2 Å². The summed E-state index contributed by atoms with van der Waals surface area (Å²) in [5.41, 5.74) is 2.65. The molecule has 3 nitrogen and oxygen atoms in total. The molecule has 1 aliphatic heterocycles. The second-order valence-corrected chi connectivity index (χ2v) is 5.65. The van der Waals surface area contributed by atoms with Crippen molar-refractivity contribution in [1.82, 2.24) is 0 Å². The van der Waals surface area contributed by atoms with Crippen LogP contribution in [0.25, 0.3) is 0 Å². The van der Waals surface area contributed by atoms with E-state index in [9.17, 15) is 0 Å². The highest BCUT2D eigenvalue weighted by Gasteiger charge is 2.41. The van der Waals surface area contributed by atoms with Crippen LogP contribution in [0.1, 0.15) is 17.5 Å². The van der Waals surface area contributed by atoms with E-state index in [-0.39, 0.29) is 5.79 Å². The first-order valence-corrected chi connectivity index (χ1v) is 6.94. The lowest BCUT2D eigenvalue weighted by Gasteiger charge is -2.34. The monoisotopic (exact) mass is 346 g/mol. The SMILES string of the molecule is COc1ccc(I)c2c1CC1(CC2)OCCO1. The van der Waals surface area contributed by atoms with Gasteiger partial charge >= 0.3 is 0 Å². The van der Waals surface area contributed by atoms with Crippen LogP contribution in [0.2, 0.25) is 0 Å². The van der Waals surface area contributed by atoms with Gasteiger partial charge in [-0.15, -0.1) is 0 Å². The highest BCUT2D eigenvalue weighted by molar-refractivity contribution is 14.1. The fourth-order valence-corrected chi connectivity index (χ4v) is 3.49. The van der Waals surface area contributed by atoms with E-state index in [0.717, 1.165) is 25.0 Å². The first kappa shape index (κ1) is 11.7. The molecular formula is C13H15IO3. The molecule has 3 rings (SSSR count). The summed E-state index contributed by atoms with van der Waals surface area (Å²) in [4.78, 5) is 0. The molecule has 1 aromatic carbocycles. The van der Waals surface area contributed by atoms with Gasteiger partial charge in [-0.25, -0.2) is 0 Å². The number of hydrogen-bond donors (Lipinski definition) is 0. The van der Waals surface area contributed by atoms with E-state index in [1.54, 1.807) is 7.11 Å². The number of ether oxygens (including phenoxy) is 3. The smallest absolute Gasteiger partial charge is 0.172 e. The van der Waals surface area contributed by atoms with E-state index in [1.807, 2.05) is 6.07 Å². The Labute approximate surface area is 115 Å². The van der Waals surface area contributed by atoms with Gasteiger partial charge in [0.05, 0.1) is 20.3 Å². The molecule has 1 saturated heterocycles. The maximum atomic E-state index is 5.80. The highest BCUT2D eigenvalue weighted by atomic mass is 127. The van der Waals surface area contributed by atoms with Gasteiger partial charge in [0, 0.05) is 22.0 Å². The third-order valence-corrected chi connectivity index (χ3v) is 4.58. The van der Waals surface area contributed by atoms with Crippen molar-refractivity contribution in [3.63, 3.8) is 0 Å². The Bertz CT molecular complexity index is 439. The van der Waals surface area contributed by atoms with Crippen molar-refractivity contribution in [2.75, 3.05) is 20.3 Å². The molecule has 0 bridgehead atoms. The van der Waals surface area contributed by atoms with Crippen molar-refractivity contribution in [2.45, 2.75) is 25.0 Å². The fourth-order valence-electron chi connectivity index (χ4n) is 2.71. The number of methoxy groups -OCH3 is 1. The average molecular weight is 346 g/mol. The molecule has 0 amide bonds. The van der Waals surface area contributed by atoms with E-state index >= 15 is 0 Å². The van der Waals surface area contributed by atoms with Gasteiger partial charge in [-0.2, -0.15) is 0 Å². The highest BCUT2D eigenvalue weighted by Crippen LogP contribution is 2.40. The first-order valence-electron chi connectivity index (χ1n) is 5.86. The number of halogens is 1. The zero-order chi connectivity index (χ0) is 11.9. The second kappa shape index (κ2) is 4.40. The number of fused-ring (bicyclic) bond motifs is 1. The van der Waals surface area contributed by atoms with Crippen LogP contribution in [-0.2, 0) is 22.3 Å². The molecule has 0 saturated carbocycles. The molecule has 1 fully saturated rings. The molecule has 0 aromatic heterocycles. The van der Waals surface area contributed by atoms with Gasteiger partial charge in [-0.3, -0.25) is 0 Å². The molecule has 92 valence electrons. The Morgan fingerprint density at radius 3 is 2.71 bits per heavy atom. The van der Waals surface area contributed by atoms with E-state index < -0.39 is 0 Å². The van der Waals surface area contributed by atoms with Gasteiger partial charge in [-0.05, 0) is 46.7 Å². The molecule has 1 aromatic rings. The van der Waals surface area contributed by atoms with Gasteiger partial charge in [0.2, 0.25) is 0 Å². The van der Waals surface area contributed by atoms with Crippen LogP contribution in [0.5, 0.6) is 5.75 Å². The molecule has 2 aliphatic rings. The third kappa shape index (κ3) is 1.96. The van der Waals surface area contributed by atoms with Crippen LogP contribution in [0, 0.1) is 3.57 Å². The Hall–Kier alpha value is -0.330. The molecule has 1 spiro atoms. The summed E-state index contributed by atoms with van der Waals surface area (Å²) >= 11 is 2.39. The molecule has 4 heteroatoms. The molecule has 0 unspecified atom stereocenters. The van der Waals surface area contributed by atoms with E-state index in [2.05, 4.69) is 28.7 Å². The lowest BCUT2D eigenvalue weighted by Crippen LogP contribution is -2.37. The van der Waals surface area contributed by atoms with Crippen molar-refractivity contribution in [3.8, 4) is 5.75 Å². The van der Waals surface area contributed by atoms with Crippen LogP contribution in [0.3, 0.4) is 0 Å². The second-order valence-electron chi connectivity index (χ2n) is 4.49. The largest absolute Gasteiger partial charge is 0.496 e. The first-order chi connectivity index (χ1) is 8.24. The molecule has 1 heterocycles. The van der Waals surface area contributed by atoms with Crippen molar-refractivity contribution in [1.29, 1.82) is 0 Å². The summed E-state index contributed by atoms with van der Waals surface area (Å²) in [6, 6.07) is 4.15. The minimum atomic E-state index is -0.384. The number of hydrogen-bond acceptors (Lipinski definition) is 3. The minimum absolute atomic E-state index is 0.384. The summed E-state index contributed by atoms with van der Waals surface area (Å²) in [7, 11) is 1.72. The zero-order valence-corrected chi connectivity index (χ0v) is 12.0. The molecule has 17 heavy (non-hydrogen) atoms. The van der Waals surface area contributed by atoms with Crippen molar-refractivity contribution in [2.24, 2.45) is 0 Å². The number of benzene rings is 1. The van der Waals surface area contributed by atoms with E-state index in [1.165, 1.54) is 14.7 Å². The summed E-state index contributed by atoms with van der Waals surface area (Å²) < 4.78 is 18.4. The summed E-state index contributed by atoms with van der Waals surface area (Å²) in [6.45, 7) is 1.42. The zero-order valence-electron chi connectivity index (χ0n) is 9.79. The van der Waals surface area contributed by atoms with Gasteiger partial charge in [0.15, 0.2) is 5.79 Å². The standard InChI is InChI=1S/C13H15IO3/c1-15-12-3-2-11(14)9-4-5-13(8-10(9)12)16-6-7-17-13/h2-3H,4-8H2,1H3. The van der Waals surface area contributed by atoms with Crippen molar-refractivity contribution in [3.05, 3.63) is 26.8 Å². The predicted octanol–water partition coefficient (Wildman–Crippen LogP) is 2.53. The molecule has 0 N–H and O–H groups in total. The molecule has 1 aliphatic carbocycles.